The van der Waals surface area contributed by atoms with E-state index in [9.17, 15) is 14.7 Å². The van der Waals surface area contributed by atoms with Crippen LogP contribution in [-0.2, 0) is 0 Å². The van der Waals surface area contributed by atoms with Gasteiger partial charge in [-0.15, -0.1) is 0 Å². The van der Waals surface area contributed by atoms with E-state index in [1.165, 1.54) is 6.07 Å². The molecule has 0 radical (unpaired) electrons. The standard InChI is InChI=1S/C17H12O4/c1-10-14(18)12-8-5-9-13(17(19)20)16(12)21-15(10)11-6-3-2-4-7-11/h2-9H,1H3,(H,19,20). The van der Waals surface area contributed by atoms with Crippen molar-refractivity contribution in [2.75, 3.05) is 0 Å². The van der Waals surface area contributed by atoms with Gasteiger partial charge in [0.25, 0.3) is 0 Å². The van der Waals surface area contributed by atoms with Gasteiger partial charge in [0.15, 0.2) is 11.0 Å². The number of carbonyl (C=O) groups is 1. The van der Waals surface area contributed by atoms with E-state index in [4.69, 9.17) is 4.42 Å². The summed E-state index contributed by atoms with van der Waals surface area (Å²) in [6.45, 7) is 1.68. The smallest absolute Gasteiger partial charge is 0.339 e. The Labute approximate surface area is 120 Å². The predicted octanol–water partition coefficient (Wildman–Crippen LogP) is 3.47. The SMILES string of the molecule is Cc1c(-c2ccccc2)oc2c(C(=O)O)cccc2c1=O. The maximum Gasteiger partial charge on any atom is 0.339 e. The van der Waals surface area contributed by atoms with E-state index < -0.39 is 5.97 Å². The molecule has 3 aromatic rings. The molecule has 0 spiro atoms. The van der Waals surface area contributed by atoms with Gasteiger partial charge in [-0.3, -0.25) is 4.79 Å². The number of fused-ring (bicyclic) bond motifs is 1. The fraction of sp³-hybridized carbons (Fsp3) is 0.0588. The molecule has 0 atom stereocenters. The molecule has 0 aliphatic heterocycles. The Morgan fingerprint density at radius 2 is 1.76 bits per heavy atom. The van der Waals surface area contributed by atoms with E-state index in [-0.39, 0.29) is 22.0 Å². The van der Waals surface area contributed by atoms with Crippen LogP contribution in [0, 0.1) is 6.92 Å². The summed E-state index contributed by atoms with van der Waals surface area (Å²) in [6, 6.07) is 13.7. The first-order valence-electron chi connectivity index (χ1n) is 6.44. The van der Waals surface area contributed by atoms with Crippen molar-refractivity contribution in [1.29, 1.82) is 0 Å². The Kier molecular flexibility index (Phi) is 3.06. The molecule has 0 fully saturated rings. The Balaban J connectivity index is 2.43. The fourth-order valence-electron chi connectivity index (χ4n) is 2.34. The van der Waals surface area contributed by atoms with Crippen molar-refractivity contribution in [3.8, 4) is 11.3 Å². The molecule has 4 heteroatoms. The second-order valence-electron chi connectivity index (χ2n) is 4.74. The summed E-state index contributed by atoms with van der Waals surface area (Å²) in [7, 11) is 0. The number of hydrogen-bond donors (Lipinski definition) is 1. The van der Waals surface area contributed by atoms with Crippen molar-refractivity contribution in [3.63, 3.8) is 0 Å². The summed E-state index contributed by atoms with van der Waals surface area (Å²) >= 11 is 0. The normalized spacial score (nSPS) is 10.7. The highest BCUT2D eigenvalue weighted by Crippen LogP contribution is 2.27. The monoisotopic (exact) mass is 280 g/mol. The van der Waals surface area contributed by atoms with Crippen molar-refractivity contribution >= 4 is 16.9 Å². The van der Waals surface area contributed by atoms with Crippen LogP contribution in [0.5, 0.6) is 0 Å². The van der Waals surface area contributed by atoms with Gasteiger partial charge < -0.3 is 9.52 Å². The van der Waals surface area contributed by atoms with Gasteiger partial charge in [0.1, 0.15) is 11.3 Å². The van der Waals surface area contributed by atoms with Crippen LogP contribution in [-0.4, -0.2) is 11.1 Å². The summed E-state index contributed by atoms with van der Waals surface area (Å²) in [5.74, 6) is -0.714. The van der Waals surface area contributed by atoms with Gasteiger partial charge in [-0.2, -0.15) is 0 Å². The topological polar surface area (TPSA) is 67.5 Å². The Morgan fingerprint density at radius 1 is 1.05 bits per heavy atom. The minimum absolute atomic E-state index is 0.0122. The summed E-state index contributed by atoms with van der Waals surface area (Å²) in [4.78, 5) is 23.7. The molecule has 0 amide bonds. The number of carboxylic acids is 1. The summed E-state index contributed by atoms with van der Waals surface area (Å²) in [5.41, 5.74) is 1.10. The van der Waals surface area contributed by atoms with Gasteiger partial charge in [0.2, 0.25) is 0 Å². The van der Waals surface area contributed by atoms with E-state index >= 15 is 0 Å². The van der Waals surface area contributed by atoms with Crippen LogP contribution < -0.4 is 5.43 Å². The van der Waals surface area contributed by atoms with Gasteiger partial charge in [-0.05, 0) is 19.1 Å². The van der Waals surface area contributed by atoms with Crippen molar-refractivity contribution in [3.05, 3.63) is 69.9 Å². The first-order chi connectivity index (χ1) is 10.1. The minimum Gasteiger partial charge on any atom is -0.478 e. The molecule has 0 aliphatic rings. The molecule has 4 nitrogen and oxygen atoms in total. The Bertz CT molecular complexity index is 892. The molecular formula is C17H12O4. The van der Waals surface area contributed by atoms with E-state index in [0.717, 1.165) is 5.56 Å². The van der Waals surface area contributed by atoms with Gasteiger partial charge in [0.05, 0.1) is 5.39 Å². The molecule has 1 heterocycles. The van der Waals surface area contributed by atoms with Gasteiger partial charge in [-0.25, -0.2) is 4.79 Å². The van der Waals surface area contributed by atoms with Crippen LogP contribution in [0.15, 0.2) is 57.7 Å². The van der Waals surface area contributed by atoms with Gasteiger partial charge in [-0.1, -0.05) is 36.4 Å². The first kappa shape index (κ1) is 13.1. The number of aromatic carboxylic acids is 1. The van der Waals surface area contributed by atoms with Crippen LogP contribution in [0.2, 0.25) is 0 Å². The third-order valence-corrected chi connectivity index (χ3v) is 3.41. The first-order valence-corrected chi connectivity index (χ1v) is 6.44. The van der Waals surface area contributed by atoms with Crippen LogP contribution in [0.25, 0.3) is 22.3 Å². The maximum atomic E-state index is 12.4. The highest BCUT2D eigenvalue weighted by molar-refractivity contribution is 6.01. The lowest BCUT2D eigenvalue weighted by Crippen LogP contribution is -2.09. The zero-order valence-electron chi connectivity index (χ0n) is 11.3. The van der Waals surface area contributed by atoms with Crippen molar-refractivity contribution in [1.82, 2.24) is 0 Å². The van der Waals surface area contributed by atoms with Crippen LogP contribution in [0.3, 0.4) is 0 Å². The van der Waals surface area contributed by atoms with E-state index in [1.807, 2.05) is 30.3 Å². The van der Waals surface area contributed by atoms with Crippen LogP contribution >= 0.6 is 0 Å². The quantitative estimate of drug-likeness (QED) is 0.780. The lowest BCUT2D eigenvalue weighted by Gasteiger charge is -2.08. The number of rotatable bonds is 2. The second-order valence-corrected chi connectivity index (χ2v) is 4.74. The van der Waals surface area contributed by atoms with Crippen LogP contribution in [0.4, 0.5) is 0 Å². The number of hydrogen-bond acceptors (Lipinski definition) is 3. The third-order valence-electron chi connectivity index (χ3n) is 3.41. The van der Waals surface area contributed by atoms with Crippen LogP contribution in [0.1, 0.15) is 15.9 Å². The van der Waals surface area contributed by atoms with Crippen molar-refractivity contribution < 1.29 is 14.3 Å². The van der Waals surface area contributed by atoms with Gasteiger partial charge >= 0.3 is 5.97 Å². The number of benzene rings is 2. The molecular weight excluding hydrogens is 268 g/mol. The fourth-order valence-corrected chi connectivity index (χ4v) is 2.34. The Morgan fingerprint density at radius 3 is 2.43 bits per heavy atom. The molecule has 1 N–H and O–H groups in total. The zero-order valence-corrected chi connectivity index (χ0v) is 11.3. The van der Waals surface area contributed by atoms with E-state index in [2.05, 4.69) is 0 Å². The van der Waals surface area contributed by atoms with Gasteiger partial charge in [0, 0.05) is 11.1 Å². The summed E-state index contributed by atoms with van der Waals surface area (Å²) in [6.07, 6.45) is 0. The molecule has 21 heavy (non-hydrogen) atoms. The molecule has 0 saturated carbocycles. The molecule has 104 valence electrons. The zero-order chi connectivity index (χ0) is 15.0. The second kappa shape index (κ2) is 4.90. The molecule has 0 unspecified atom stereocenters. The van der Waals surface area contributed by atoms with Crippen molar-refractivity contribution in [2.24, 2.45) is 0 Å². The average Bonchev–Trinajstić information content (AvgIpc) is 2.51. The molecule has 0 bridgehead atoms. The third kappa shape index (κ3) is 2.10. The number of carboxylic acid groups (broad SMARTS) is 1. The predicted molar refractivity (Wildman–Crippen MR) is 79.6 cm³/mol. The number of para-hydroxylation sites is 1. The van der Waals surface area contributed by atoms with E-state index in [1.54, 1.807) is 19.1 Å². The molecule has 1 aromatic heterocycles. The van der Waals surface area contributed by atoms with E-state index in [0.29, 0.717) is 11.3 Å². The maximum absolute atomic E-state index is 12.4. The minimum atomic E-state index is -1.12. The lowest BCUT2D eigenvalue weighted by atomic mass is 10.0. The molecule has 0 saturated heterocycles. The summed E-state index contributed by atoms with van der Waals surface area (Å²) in [5, 5.41) is 9.53. The highest BCUT2D eigenvalue weighted by Gasteiger charge is 2.17. The molecule has 0 aliphatic carbocycles. The molecule has 3 rings (SSSR count). The average molecular weight is 280 g/mol. The molecule has 2 aromatic carbocycles. The lowest BCUT2D eigenvalue weighted by molar-refractivity contribution is 0.0698. The highest BCUT2D eigenvalue weighted by atomic mass is 16.4. The summed E-state index contributed by atoms with van der Waals surface area (Å²) < 4.78 is 5.77. The largest absolute Gasteiger partial charge is 0.478 e. The Hall–Kier alpha value is -2.88. The van der Waals surface area contributed by atoms with Crippen molar-refractivity contribution in [2.45, 2.75) is 6.92 Å².